The van der Waals surface area contributed by atoms with Gasteiger partial charge in [0.15, 0.2) is 0 Å². The molecule has 0 fully saturated rings. The maximum absolute atomic E-state index is 10.2. The highest BCUT2D eigenvalue weighted by Gasteiger charge is 1.97. The number of nitrogens with zero attached hydrogens (tertiary/aromatic N) is 1. The van der Waals surface area contributed by atoms with E-state index in [0.29, 0.717) is 0 Å². The number of aromatic nitrogens is 2. The van der Waals surface area contributed by atoms with E-state index in [0.717, 1.165) is 36.9 Å². The molecule has 1 aromatic rings. The number of aryl methyl sites for hydroxylation is 1. The lowest BCUT2D eigenvalue weighted by Crippen LogP contribution is -1.88. The molecule has 0 aromatic carbocycles. The lowest BCUT2D eigenvalue weighted by molar-refractivity contribution is -0.131. The largest absolute Gasteiger partial charge is 0.478 e. The molecule has 1 rings (SSSR count). The third-order valence-corrected chi connectivity index (χ3v) is 1.82. The fraction of sp³-hybridized carbons (Fsp3) is 0.400. The van der Waals surface area contributed by atoms with Gasteiger partial charge in [0.05, 0.1) is 11.9 Å². The quantitative estimate of drug-likeness (QED) is 0.703. The predicted octanol–water partition coefficient (Wildman–Crippen LogP) is 1.85. The number of hydrogen-bond acceptors (Lipinski definition) is 2. The number of carboxylic acid groups (broad SMARTS) is 1. The van der Waals surface area contributed by atoms with E-state index >= 15 is 0 Å². The molecule has 0 unspecified atom stereocenters. The summed E-state index contributed by atoms with van der Waals surface area (Å²) in [6.45, 7) is 2.12. The lowest BCUT2D eigenvalue weighted by Gasteiger charge is -1.91. The maximum atomic E-state index is 10.2. The van der Waals surface area contributed by atoms with Gasteiger partial charge >= 0.3 is 5.97 Å². The summed E-state index contributed by atoms with van der Waals surface area (Å²) in [5.74, 6) is -0.0356. The van der Waals surface area contributed by atoms with Gasteiger partial charge in [-0.3, -0.25) is 0 Å². The highest BCUT2D eigenvalue weighted by atomic mass is 16.4. The number of carbonyl (C=O) groups is 1. The Morgan fingerprint density at radius 1 is 1.71 bits per heavy atom. The average Bonchev–Trinajstić information content (AvgIpc) is 2.59. The van der Waals surface area contributed by atoms with Crippen molar-refractivity contribution in [3.8, 4) is 0 Å². The van der Waals surface area contributed by atoms with Crippen LogP contribution in [0, 0.1) is 0 Å². The first kappa shape index (κ1) is 10.5. The summed E-state index contributed by atoms with van der Waals surface area (Å²) in [6, 6.07) is 0. The van der Waals surface area contributed by atoms with E-state index in [1.54, 1.807) is 6.20 Å². The van der Waals surface area contributed by atoms with Crippen molar-refractivity contribution in [2.24, 2.45) is 0 Å². The van der Waals surface area contributed by atoms with Crippen LogP contribution in [-0.2, 0) is 11.2 Å². The first-order valence-electron chi connectivity index (χ1n) is 4.67. The van der Waals surface area contributed by atoms with Gasteiger partial charge in [-0.15, -0.1) is 0 Å². The van der Waals surface area contributed by atoms with Gasteiger partial charge in [0.1, 0.15) is 5.82 Å². The predicted molar refractivity (Wildman–Crippen MR) is 53.9 cm³/mol. The Morgan fingerprint density at radius 3 is 3.14 bits per heavy atom. The summed E-state index contributed by atoms with van der Waals surface area (Å²) in [4.78, 5) is 17.4. The number of hydrogen-bond donors (Lipinski definition) is 2. The molecule has 0 radical (unpaired) electrons. The molecule has 0 spiro atoms. The van der Waals surface area contributed by atoms with Gasteiger partial charge < -0.3 is 10.1 Å². The topological polar surface area (TPSA) is 66.0 Å². The van der Waals surface area contributed by atoms with E-state index in [1.165, 1.54) is 6.08 Å². The molecule has 4 heteroatoms. The van der Waals surface area contributed by atoms with Crippen LogP contribution in [0.15, 0.2) is 12.3 Å². The van der Waals surface area contributed by atoms with Crippen LogP contribution in [0.4, 0.5) is 0 Å². The summed E-state index contributed by atoms with van der Waals surface area (Å²) < 4.78 is 0. The van der Waals surface area contributed by atoms with E-state index in [-0.39, 0.29) is 0 Å². The molecular weight excluding hydrogens is 180 g/mol. The molecule has 0 aliphatic heterocycles. The van der Waals surface area contributed by atoms with Crippen LogP contribution in [0.5, 0.6) is 0 Å². The molecule has 0 bridgehead atoms. The van der Waals surface area contributed by atoms with Gasteiger partial charge in [0, 0.05) is 12.5 Å². The molecule has 0 amide bonds. The minimum atomic E-state index is -0.949. The minimum absolute atomic E-state index is 0.735. The Labute approximate surface area is 82.7 Å². The smallest absolute Gasteiger partial charge is 0.328 e. The molecule has 0 aliphatic carbocycles. The Morgan fingerprint density at radius 2 is 2.50 bits per heavy atom. The maximum Gasteiger partial charge on any atom is 0.328 e. The summed E-state index contributed by atoms with van der Waals surface area (Å²) in [5.41, 5.74) is 0.735. The molecular formula is C10H14N2O2. The molecule has 76 valence electrons. The van der Waals surface area contributed by atoms with E-state index < -0.39 is 5.97 Å². The minimum Gasteiger partial charge on any atom is -0.478 e. The number of nitrogens with one attached hydrogen (secondary N) is 1. The molecule has 4 nitrogen and oxygen atoms in total. The van der Waals surface area contributed by atoms with Gasteiger partial charge in [0.25, 0.3) is 0 Å². The van der Waals surface area contributed by atoms with Crippen molar-refractivity contribution >= 4 is 12.0 Å². The van der Waals surface area contributed by atoms with Crippen LogP contribution in [-0.4, -0.2) is 21.0 Å². The summed E-state index contributed by atoms with van der Waals surface area (Å²) >= 11 is 0. The molecule has 1 heterocycles. The van der Waals surface area contributed by atoms with E-state index in [4.69, 9.17) is 5.11 Å². The summed E-state index contributed by atoms with van der Waals surface area (Å²) in [6.07, 6.45) is 7.38. The lowest BCUT2D eigenvalue weighted by atomic mass is 10.2. The van der Waals surface area contributed by atoms with E-state index in [1.807, 2.05) is 0 Å². The van der Waals surface area contributed by atoms with Crippen molar-refractivity contribution < 1.29 is 9.90 Å². The Balaban J connectivity index is 2.54. The van der Waals surface area contributed by atoms with Crippen molar-refractivity contribution in [1.29, 1.82) is 0 Å². The highest BCUT2D eigenvalue weighted by Crippen LogP contribution is 2.03. The molecule has 14 heavy (non-hydrogen) atoms. The third-order valence-electron chi connectivity index (χ3n) is 1.82. The highest BCUT2D eigenvalue weighted by molar-refractivity contribution is 5.84. The first-order chi connectivity index (χ1) is 6.72. The number of H-pyrrole nitrogens is 1. The van der Waals surface area contributed by atoms with E-state index in [9.17, 15) is 4.79 Å². The SMILES string of the molecule is CCCCc1ncc(/C=C/C(=O)O)[nH]1. The zero-order valence-electron chi connectivity index (χ0n) is 8.16. The molecule has 1 aromatic heterocycles. The van der Waals surface area contributed by atoms with Crippen molar-refractivity contribution in [3.05, 3.63) is 23.8 Å². The van der Waals surface area contributed by atoms with E-state index in [2.05, 4.69) is 16.9 Å². The monoisotopic (exact) mass is 194 g/mol. The van der Waals surface area contributed by atoms with Crippen molar-refractivity contribution in [2.45, 2.75) is 26.2 Å². The van der Waals surface area contributed by atoms with Crippen LogP contribution in [0.2, 0.25) is 0 Å². The summed E-state index contributed by atoms with van der Waals surface area (Å²) in [5, 5.41) is 8.40. The normalized spacial score (nSPS) is 10.9. The van der Waals surface area contributed by atoms with Crippen LogP contribution in [0.1, 0.15) is 31.3 Å². The fourth-order valence-electron chi connectivity index (χ4n) is 1.10. The van der Waals surface area contributed by atoms with Gasteiger partial charge in [-0.25, -0.2) is 9.78 Å². The Bertz CT molecular complexity index is 329. The van der Waals surface area contributed by atoms with Crippen molar-refractivity contribution in [1.82, 2.24) is 9.97 Å². The Hall–Kier alpha value is -1.58. The van der Waals surface area contributed by atoms with Crippen molar-refractivity contribution in [2.75, 3.05) is 0 Å². The third kappa shape index (κ3) is 3.43. The Kier molecular flexibility index (Phi) is 3.91. The van der Waals surface area contributed by atoms with Crippen LogP contribution in [0.25, 0.3) is 6.08 Å². The van der Waals surface area contributed by atoms with Crippen LogP contribution >= 0.6 is 0 Å². The number of unbranched alkanes of at least 4 members (excludes halogenated alkanes) is 1. The number of carboxylic acids is 1. The average molecular weight is 194 g/mol. The standard InChI is InChI=1S/C10H14N2O2/c1-2-3-4-9-11-7-8(12-9)5-6-10(13)14/h5-7H,2-4H2,1H3,(H,11,12)(H,13,14)/b6-5+. The molecule has 0 saturated heterocycles. The van der Waals surface area contributed by atoms with Gasteiger partial charge in [-0.2, -0.15) is 0 Å². The molecule has 0 aliphatic rings. The summed E-state index contributed by atoms with van der Waals surface area (Å²) in [7, 11) is 0. The second kappa shape index (κ2) is 5.21. The molecule has 0 saturated carbocycles. The first-order valence-corrected chi connectivity index (χ1v) is 4.67. The molecule has 2 N–H and O–H groups in total. The van der Waals surface area contributed by atoms with Gasteiger partial charge in [0.2, 0.25) is 0 Å². The fourth-order valence-corrected chi connectivity index (χ4v) is 1.10. The van der Waals surface area contributed by atoms with Crippen LogP contribution < -0.4 is 0 Å². The zero-order valence-corrected chi connectivity index (χ0v) is 8.16. The second-order valence-corrected chi connectivity index (χ2v) is 3.06. The number of imidazole rings is 1. The number of aliphatic carboxylic acids is 1. The zero-order chi connectivity index (χ0) is 10.4. The van der Waals surface area contributed by atoms with Gasteiger partial charge in [-0.05, 0) is 12.5 Å². The number of aromatic amines is 1. The second-order valence-electron chi connectivity index (χ2n) is 3.06. The van der Waals surface area contributed by atoms with Gasteiger partial charge in [-0.1, -0.05) is 13.3 Å². The molecule has 0 atom stereocenters. The van der Waals surface area contributed by atoms with Crippen LogP contribution in [0.3, 0.4) is 0 Å². The van der Waals surface area contributed by atoms with Crippen molar-refractivity contribution in [3.63, 3.8) is 0 Å². The number of rotatable bonds is 5.